The first-order valence-corrected chi connectivity index (χ1v) is 11.2. The van der Waals surface area contributed by atoms with Crippen LogP contribution in [0.15, 0.2) is 67.4 Å². The van der Waals surface area contributed by atoms with Crippen LogP contribution in [0.1, 0.15) is 35.4 Å². The predicted octanol–water partition coefficient (Wildman–Crippen LogP) is 4.76. The number of methoxy groups -OCH3 is 1. The molecule has 0 saturated carbocycles. The molecule has 3 aliphatic heterocycles. The summed E-state index contributed by atoms with van der Waals surface area (Å²) in [6, 6.07) is 17.2. The molecule has 160 valence electrons. The Labute approximate surface area is 184 Å². The van der Waals surface area contributed by atoms with Crippen molar-refractivity contribution < 1.29 is 9.84 Å². The number of hydrogen-bond acceptors (Lipinski definition) is 4. The number of ether oxygens (including phenoxy) is 1. The number of fused-ring (bicyclic) bond motifs is 4. The molecule has 1 N–H and O–H groups in total. The van der Waals surface area contributed by atoms with E-state index in [4.69, 9.17) is 4.74 Å². The van der Waals surface area contributed by atoms with Gasteiger partial charge in [-0.15, -0.1) is 6.58 Å². The van der Waals surface area contributed by atoms with Crippen LogP contribution in [0.2, 0.25) is 0 Å². The molecule has 3 aliphatic rings. The molecule has 2 aromatic carbocycles. The van der Waals surface area contributed by atoms with E-state index >= 15 is 0 Å². The second-order valence-electron chi connectivity index (χ2n) is 8.91. The lowest BCUT2D eigenvalue weighted by molar-refractivity contribution is 0.0121. The van der Waals surface area contributed by atoms with Gasteiger partial charge in [-0.25, -0.2) is 0 Å². The van der Waals surface area contributed by atoms with Gasteiger partial charge >= 0.3 is 0 Å². The monoisotopic (exact) mass is 414 g/mol. The van der Waals surface area contributed by atoms with E-state index in [1.165, 1.54) is 24.0 Å². The van der Waals surface area contributed by atoms with E-state index in [1.54, 1.807) is 7.11 Å². The molecule has 4 nitrogen and oxygen atoms in total. The molecule has 1 aromatic heterocycles. The van der Waals surface area contributed by atoms with Gasteiger partial charge in [-0.3, -0.25) is 9.88 Å². The highest BCUT2D eigenvalue weighted by Gasteiger charge is 2.43. The van der Waals surface area contributed by atoms with E-state index in [-0.39, 0.29) is 12.5 Å². The van der Waals surface area contributed by atoms with Crippen molar-refractivity contribution in [2.24, 2.45) is 11.8 Å². The average molecular weight is 415 g/mol. The number of nitrogens with zero attached hydrogens (tertiary/aromatic N) is 2. The molecule has 0 spiro atoms. The molecule has 0 radical (unpaired) electrons. The standard InChI is InChI=1S/C27H30N2O2/c1-3-19-16-29-12-10-20(19)14-26(29)27(21-6-4-5-18(13-21)17-30)23-9-11-28-25-8-7-22(31-2)15-24(23)25/h3-9,11,13,15,19-20,26-27,30H,1,10,12,14,16-17H2,2H3/t19-,20-,26-,27+/m0/s1. The number of aliphatic hydroxyl groups excluding tert-OH is 1. The van der Waals surface area contributed by atoms with Crippen LogP contribution in [0.25, 0.3) is 10.9 Å². The van der Waals surface area contributed by atoms with Gasteiger partial charge in [-0.05, 0) is 72.2 Å². The highest BCUT2D eigenvalue weighted by atomic mass is 16.5. The summed E-state index contributed by atoms with van der Waals surface area (Å²) < 4.78 is 5.54. The second kappa shape index (κ2) is 8.45. The van der Waals surface area contributed by atoms with Gasteiger partial charge in [0.2, 0.25) is 0 Å². The first kappa shape index (κ1) is 20.2. The van der Waals surface area contributed by atoms with Crippen molar-refractivity contribution in [1.82, 2.24) is 9.88 Å². The van der Waals surface area contributed by atoms with Crippen molar-refractivity contribution in [3.8, 4) is 5.75 Å². The number of aliphatic hydroxyl groups is 1. The molecule has 4 heteroatoms. The summed E-state index contributed by atoms with van der Waals surface area (Å²) in [5, 5.41) is 10.9. The van der Waals surface area contributed by atoms with Gasteiger partial charge in [0.25, 0.3) is 0 Å². The van der Waals surface area contributed by atoms with Crippen LogP contribution in [0.5, 0.6) is 5.75 Å². The molecule has 1 unspecified atom stereocenters. The normalized spacial score (nSPS) is 26.0. The summed E-state index contributed by atoms with van der Waals surface area (Å²) >= 11 is 0. The van der Waals surface area contributed by atoms with E-state index in [9.17, 15) is 5.11 Å². The van der Waals surface area contributed by atoms with Gasteiger partial charge in [0.15, 0.2) is 0 Å². The Morgan fingerprint density at radius 3 is 2.90 bits per heavy atom. The van der Waals surface area contributed by atoms with Gasteiger partial charge in [-0.1, -0.05) is 30.3 Å². The number of piperidine rings is 3. The zero-order valence-electron chi connectivity index (χ0n) is 18.1. The van der Waals surface area contributed by atoms with Crippen LogP contribution in [0.4, 0.5) is 0 Å². The van der Waals surface area contributed by atoms with Crippen LogP contribution in [0.3, 0.4) is 0 Å². The zero-order valence-corrected chi connectivity index (χ0v) is 18.1. The van der Waals surface area contributed by atoms with Crippen molar-refractivity contribution in [1.29, 1.82) is 0 Å². The topological polar surface area (TPSA) is 45.6 Å². The van der Waals surface area contributed by atoms with Crippen molar-refractivity contribution in [2.75, 3.05) is 20.2 Å². The minimum Gasteiger partial charge on any atom is -0.497 e. The van der Waals surface area contributed by atoms with Crippen LogP contribution in [-0.4, -0.2) is 41.2 Å². The maximum atomic E-state index is 9.79. The molecule has 0 aliphatic carbocycles. The molecule has 0 amide bonds. The Hall–Kier alpha value is -2.69. The molecule has 31 heavy (non-hydrogen) atoms. The van der Waals surface area contributed by atoms with Crippen LogP contribution >= 0.6 is 0 Å². The maximum absolute atomic E-state index is 9.79. The van der Waals surface area contributed by atoms with Crippen LogP contribution in [-0.2, 0) is 6.61 Å². The third-order valence-electron chi connectivity index (χ3n) is 7.35. The highest BCUT2D eigenvalue weighted by Crippen LogP contribution is 2.45. The molecular weight excluding hydrogens is 384 g/mol. The predicted molar refractivity (Wildman–Crippen MR) is 124 cm³/mol. The Balaban J connectivity index is 1.67. The molecule has 6 rings (SSSR count). The third-order valence-corrected chi connectivity index (χ3v) is 7.35. The molecular formula is C27H30N2O2. The summed E-state index contributed by atoms with van der Waals surface area (Å²) in [5.74, 6) is 2.34. The smallest absolute Gasteiger partial charge is 0.119 e. The molecule has 2 bridgehead atoms. The summed E-state index contributed by atoms with van der Waals surface area (Å²) in [5.41, 5.74) is 4.49. The average Bonchev–Trinajstić information content (AvgIpc) is 2.84. The second-order valence-corrected chi connectivity index (χ2v) is 8.91. The van der Waals surface area contributed by atoms with Gasteiger partial charge in [-0.2, -0.15) is 0 Å². The van der Waals surface area contributed by atoms with E-state index in [2.05, 4.69) is 52.9 Å². The summed E-state index contributed by atoms with van der Waals surface area (Å²) in [4.78, 5) is 7.28. The Morgan fingerprint density at radius 2 is 2.16 bits per heavy atom. The number of rotatable bonds is 6. The van der Waals surface area contributed by atoms with E-state index in [1.807, 2.05) is 24.4 Å². The third kappa shape index (κ3) is 3.64. The van der Waals surface area contributed by atoms with Crippen molar-refractivity contribution >= 4 is 10.9 Å². The van der Waals surface area contributed by atoms with Gasteiger partial charge in [0.05, 0.1) is 19.2 Å². The fourth-order valence-electron chi connectivity index (χ4n) is 5.76. The fraction of sp³-hybridized carbons (Fsp3) is 0.370. The molecule has 4 heterocycles. The number of aromatic nitrogens is 1. The lowest BCUT2D eigenvalue weighted by Gasteiger charge is -2.52. The Bertz CT molecular complexity index is 1100. The first-order chi connectivity index (χ1) is 15.2. The van der Waals surface area contributed by atoms with Crippen molar-refractivity contribution in [2.45, 2.75) is 31.4 Å². The largest absolute Gasteiger partial charge is 0.497 e. The van der Waals surface area contributed by atoms with Gasteiger partial charge < -0.3 is 9.84 Å². The minimum atomic E-state index is 0.0566. The summed E-state index contributed by atoms with van der Waals surface area (Å²) in [6.45, 7) is 6.38. The zero-order chi connectivity index (χ0) is 21.4. The molecule has 3 fully saturated rings. The van der Waals surface area contributed by atoms with E-state index in [0.717, 1.165) is 35.3 Å². The molecule has 3 aromatic rings. The lowest BCUT2D eigenvalue weighted by atomic mass is 9.69. The molecule has 5 atom stereocenters. The number of hydrogen-bond donors (Lipinski definition) is 1. The van der Waals surface area contributed by atoms with Gasteiger partial charge in [0.1, 0.15) is 5.75 Å². The fourth-order valence-corrected chi connectivity index (χ4v) is 5.76. The van der Waals surface area contributed by atoms with E-state index < -0.39 is 0 Å². The highest BCUT2D eigenvalue weighted by molar-refractivity contribution is 5.84. The van der Waals surface area contributed by atoms with Crippen LogP contribution < -0.4 is 4.74 Å². The van der Waals surface area contributed by atoms with E-state index in [0.29, 0.717) is 17.9 Å². The van der Waals surface area contributed by atoms with Crippen molar-refractivity contribution in [3.05, 3.63) is 84.1 Å². The maximum Gasteiger partial charge on any atom is 0.119 e. The number of pyridine rings is 1. The number of benzene rings is 2. The van der Waals surface area contributed by atoms with Crippen LogP contribution in [0, 0.1) is 11.8 Å². The minimum absolute atomic E-state index is 0.0566. The lowest BCUT2D eigenvalue weighted by Crippen LogP contribution is -2.55. The molecule has 3 saturated heterocycles. The Morgan fingerprint density at radius 1 is 1.26 bits per heavy atom. The van der Waals surface area contributed by atoms with Crippen molar-refractivity contribution in [3.63, 3.8) is 0 Å². The Kier molecular flexibility index (Phi) is 5.51. The first-order valence-electron chi connectivity index (χ1n) is 11.2. The SMILES string of the molecule is C=C[C@H]1CN2CC[C@H]1C[C@H]2[C@H](c1cccc(CO)c1)c1ccnc2ccc(OC)cc12. The summed E-state index contributed by atoms with van der Waals surface area (Å²) in [7, 11) is 1.71. The van der Waals surface area contributed by atoms with Gasteiger partial charge in [0, 0.05) is 30.1 Å². The summed E-state index contributed by atoms with van der Waals surface area (Å²) in [6.07, 6.45) is 6.50. The quantitative estimate of drug-likeness (QED) is 0.591.